The van der Waals surface area contributed by atoms with Gasteiger partial charge in [-0.1, -0.05) is 42.0 Å². The second-order valence-corrected chi connectivity index (χ2v) is 12.4. The van der Waals surface area contributed by atoms with Gasteiger partial charge in [0.15, 0.2) is 5.82 Å². The van der Waals surface area contributed by atoms with Crippen molar-refractivity contribution in [3.05, 3.63) is 102 Å². The maximum absolute atomic E-state index is 13.7. The maximum Gasteiger partial charge on any atom is 0.243 e. The summed E-state index contributed by atoms with van der Waals surface area (Å²) >= 11 is 0. The monoisotopic (exact) mass is 603 g/mol. The summed E-state index contributed by atoms with van der Waals surface area (Å²) in [6.07, 6.45) is 0.688. The summed E-state index contributed by atoms with van der Waals surface area (Å²) in [7, 11) is -2.38. The van der Waals surface area contributed by atoms with Crippen molar-refractivity contribution >= 4 is 21.7 Å². The van der Waals surface area contributed by atoms with Crippen molar-refractivity contribution in [3.8, 4) is 17.0 Å². The molecule has 4 aromatic rings. The lowest BCUT2D eigenvalue weighted by atomic mass is 10.1. The van der Waals surface area contributed by atoms with Gasteiger partial charge < -0.3 is 14.5 Å². The standard InChI is InChI=1S/C32H34FN5O4S/c1-24-7-13-29(14-8-24)43(40,41)38(22-25-9-11-27(33)12-10-25)23-32(39)37-18-4-17-36(19-20-37)31-16-15-30(34-35-31)26-5-3-6-28(21-26)42-2/h3,5-16,21H,4,17-20,22-23H2,1-2H3. The molecule has 1 amide bonds. The number of hydrogen-bond donors (Lipinski definition) is 0. The summed E-state index contributed by atoms with van der Waals surface area (Å²) < 4.78 is 47.3. The van der Waals surface area contributed by atoms with Crippen molar-refractivity contribution in [3.63, 3.8) is 0 Å². The zero-order valence-corrected chi connectivity index (χ0v) is 25.0. The van der Waals surface area contributed by atoms with E-state index in [2.05, 4.69) is 15.1 Å². The first-order valence-corrected chi connectivity index (χ1v) is 15.5. The number of benzene rings is 3. The number of carbonyl (C=O) groups excluding carboxylic acids is 1. The number of ether oxygens (including phenoxy) is 1. The molecule has 43 heavy (non-hydrogen) atoms. The highest BCUT2D eigenvalue weighted by Crippen LogP contribution is 2.24. The second-order valence-electron chi connectivity index (χ2n) is 10.4. The van der Waals surface area contributed by atoms with Gasteiger partial charge in [0.2, 0.25) is 15.9 Å². The van der Waals surface area contributed by atoms with Crippen LogP contribution in [-0.2, 0) is 21.4 Å². The molecule has 2 heterocycles. The molecule has 11 heteroatoms. The summed E-state index contributed by atoms with van der Waals surface area (Å²) in [5.74, 6) is 0.741. The Balaban J connectivity index is 1.28. The fourth-order valence-electron chi connectivity index (χ4n) is 4.96. The Bertz CT molecular complexity index is 1650. The molecule has 3 aromatic carbocycles. The largest absolute Gasteiger partial charge is 0.497 e. The number of halogens is 1. The lowest BCUT2D eigenvalue weighted by Gasteiger charge is -2.27. The van der Waals surface area contributed by atoms with Gasteiger partial charge in [0.1, 0.15) is 11.6 Å². The zero-order valence-electron chi connectivity index (χ0n) is 24.2. The normalized spacial score (nSPS) is 14.0. The minimum Gasteiger partial charge on any atom is -0.497 e. The lowest BCUT2D eigenvalue weighted by molar-refractivity contribution is -0.131. The summed E-state index contributed by atoms with van der Waals surface area (Å²) in [6.45, 7) is 3.59. The molecular weight excluding hydrogens is 569 g/mol. The van der Waals surface area contributed by atoms with Crippen LogP contribution in [0.3, 0.4) is 0 Å². The minimum atomic E-state index is -4.00. The predicted molar refractivity (Wildman–Crippen MR) is 163 cm³/mol. The van der Waals surface area contributed by atoms with E-state index in [9.17, 15) is 17.6 Å². The molecule has 5 rings (SSSR count). The van der Waals surface area contributed by atoms with Crippen LogP contribution in [0.5, 0.6) is 5.75 Å². The number of sulfonamides is 1. The predicted octanol–water partition coefficient (Wildman–Crippen LogP) is 4.53. The first-order valence-electron chi connectivity index (χ1n) is 14.0. The third-order valence-corrected chi connectivity index (χ3v) is 9.24. The number of aryl methyl sites for hydroxylation is 1. The molecule has 0 radical (unpaired) electrons. The smallest absolute Gasteiger partial charge is 0.243 e. The van der Waals surface area contributed by atoms with Crippen LogP contribution in [0.1, 0.15) is 17.5 Å². The highest BCUT2D eigenvalue weighted by atomic mass is 32.2. The molecule has 1 fully saturated rings. The summed E-state index contributed by atoms with van der Waals surface area (Å²) in [5.41, 5.74) is 3.14. The summed E-state index contributed by atoms with van der Waals surface area (Å²) in [6, 6.07) is 23.6. The van der Waals surface area contributed by atoms with Gasteiger partial charge in [0.25, 0.3) is 0 Å². The van der Waals surface area contributed by atoms with E-state index in [0.29, 0.717) is 44.0 Å². The van der Waals surface area contributed by atoms with Gasteiger partial charge in [-0.15, -0.1) is 10.2 Å². The van der Waals surface area contributed by atoms with Crippen LogP contribution in [0, 0.1) is 12.7 Å². The fraction of sp³-hybridized carbons (Fsp3) is 0.281. The number of methoxy groups -OCH3 is 1. The van der Waals surface area contributed by atoms with E-state index >= 15 is 0 Å². The van der Waals surface area contributed by atoms with Crippen LogP contribution in [0.4, 0.5) is 10.2 Å². The van der Waals surface area contributed by atoms with E-state index in [1.807, 2.05) is 43.3 Å². The molecular formula is C32H34FN5O4S. The molecule has 224 valence electrons. The third-order valence-electron chi connectivity index (χ3n) is 7.43. The Labute approximate surface area is 251 Å². The molecule has 0 aliphatic carbocycles. The molecule has 0 unspecified atom stereocenters. The van der Waals surface area contributed by atoms with E-state index in [-0.39, 0.29) is 23.9 Å². The first kappa shape index (κ1) is 30.1. The Hall–Kier alpha value is -4.35. The molecule has 0 spiro atoms. The van der Waals surface area contributed by atoms with Crippen LogP contribution in [0.25, 0.3) is 11.3 Å². The molecule has 1 aromatic heterocycles. The molecule has 1 aliphatic rings. The zero-order chi connectivity index (χ0) is 30.4. The molecule has 1 saturated heterocycles. The number of carbonyl (C=O) groups is 1. The number of anilines is 1. The van der Waals surface area contributed by atoms with Crippen LogP contribution < -0.4 is 9.64 Å². The molecule has 0 N–H and O–H groups in total. The highest BCUT2D eigenvalue weighted by Gasteiger charge is 2.30. The van der Waals surface area contributed by atoms with E-state index in [1.54, 1.807) is 24.1 Å². The van der Waals surface area contributed by atoms with Gasteiger partial charge in [-0.05, 0) is 67.4 Å². The van der Waals surface area contributed by atoms with Gasteiger partial charge >= 0.3 is 0 Å². The van der Waals surface area contributed by atoms with Crippen molar-refractivity contribution < 1.29 is 22.3 Å². The van der Waals surface area contributed by atoms with E-state index in [4.69, 9.17) is 4.74 Å². The average molecular weight is 604 g/mol. The number of aromatic nitrogens is 2. The number of rotatable bonds is 9. The Morgan fingerprint density at radius 1 is 0.930 bits per heavy atom. The molecule has 1 aliphatic heterocycles. The van der Waals surface area contributed by atoms with E-state index in [1.165, 1.54) is 40.7 Å². The second kappa shape index (κ2) is 13.3. The van der Waals surface area contributed by atoms with Crippen LogP contribution in [-0.4, -0.2) is 73.6 Å². The first-order chi connectivity index (χ1) is 20.7. The molecule has 0 saturated carbocycles. The van der Waals surface area contributed by atoms with Gasteiger partial charge in [0, 0.05) is 38.3 Å². The minimum absolute atomic E-state index is 0.0581. The molecule has 0 bridgehead atoms. The number of amides is 1. The van der Waals surface area contributed by atoms with Gasteiger partial charge in [-0.25, -0.2) is 12.8 Å². The Morgan fingerprint density at radius 3 is 2.40 bits per heavy atom. The van der Waals surface area contributed by atoms with Crippen LogP contribution in [0.2, 0.25) is 0 Å². The SMILES string of the molecule is COc1cccc(-c2ccc(N3CCCN(C(=O)CN(Cc4ccc(F)cc4)S(=O)(=O)c4ccc(C)cc4)CC3)nn2)c1. The van der Waals surface area contributed by atoms with Crippen molar-refractivity contribution in [1.82, 2.24) is 19.4 Å². The number of hydrogen-bond acceptors (Lipinski definition) is 7. The molecule has 9 nitrogen and oxygen atoms in total. The van der Waals surface area contributed by atoms with E-state index < -0.39 is 15.8 Å². The van der Waals surface area contributed by atoms with Gasteiger partial charge in [0.05, 0.1) is 24.2 Å². The van der Waals surface area contributed by atoms with Crippen molar-refractivity contribution in [2.24, 2.45) is 0 Å². The van der Waals surface area contributed by atoms with Crippen LogP contribution >= 0.6 is 0 Å². The van der Waals surface area contributed by atoms with E-state index in [0.717, 1.165) is 22.6 Å². The topological polar surface area (TPSA) is 95.9 Å². The lowest BCUT2D eigenvalue weighted by Crippen LogP contribution is -2.44. The summed E-state index contributed by atoms with van der Waals surface area (Å²) in [4.78, 5) is 17.4. The van der Waals surface area contributed by atoms with Gasteiger partial charge in [-0.2, -0.15) is 4.31 Å². The van der Waals surface area contributed by atoms with Crippen molar-refractivity contribution in [1.29, 1.82) is 0 Å². The van der Waals surface area contributed by atoms with Crippen LogP contribution in [0.15, 0.2) is 89.8 Å². The van der Waals surface area contributed by atoms with Crippen molar-refractivity contribution in [2.45, 2.75) is 24.8 Å². The summed E-state index contributed by atoms with van der Waals surface area (Å²) in [5, 5.41) is 8.84. The highest BCUT2D eigenvalue weighted by molar-refractivity contribution is 7.89. The third kappa shape index (κ3) is 7.36. The maximum atomic E-state index is 13.7. The quantitative estimate of drug-likeness (QED) is 0.277. The Kier molecular flexibility index (Phi) is 9.32. The average Bonchev–Trinajstić information content (AvgIpc) is 3.29. The fourth-order valence-corrected chi connectivity index (χ4v) is 6.33. The van der Waals surface area contributed by atoms with Gasteiger partial charge in [-0.3, -0.25) is 4.79 Å². The van der Waals surface area contributed by atoms with Crippen molar-refractivity contribution in [2.75, 3.05) is 44.7 Å². The Morgan fingerprint density at radius 2 is 1.70 bits per heavy atom. The number of nitrogens with zero attached hydrogens (tertiary/aromatic N) is 5. The molecule has 0 atom stereocenters.